The molecule has 9 heteroatoms. The summed E-state index contributed by atoms with van der Waals surface area (Å²) in [6.45, 7) is 0. The van der Waals surface area contributed by atoms with Gasteiger partial charge in [0.15, 0.2) is 12.0 Å². The molecule has 1 aromatic rings. The Morgan fingerprint density at radius 3 is 2.33 bits per heavy atom. The second-order valence-corrected chi connectivity index (χ2v) is 5.57. The highest BCUT2D eigenvalue weighted by atomic mass is 32.2. The van der Waals surface area contributed by atoms with Gasteiger partial charge < -0.3 is 4.42 Å². The van der Waals surface area contributed by atoms with Gasteiger partial charge in [0, 0.05) is 0 Å². The third-order valence-corrected chi connectivity index (χ3v) is 4.01. The summed E-state index contributed by atoms with van der Waals surface area (Å²) in [6, 6.07) is 1.99. The lowest BCUT2D eigenvalue weighted by molar-refractivity contribution is -0.160. The van der Waals surface area contributed by atoms with E-state index < -0.39 is 26.8 Å². The number of hydrogen-bond acceptors (Lipinski definition) is 4. The van der Waals surface area contributed by atoms with Gasteiger partial charge in [-0.25, -0.2) is 8.42 Å². The lowest BCUT2D eigenvalue weighted by atomic mass is 10.3. The standard InChI is InChI=1S/C9H8F3NO4S/c10-9(11,12)8(3-4-8)13-18(15,16)7-2-1-6(5-14)17-7/h1-2,5,13H,3-4H2. The molecule has 1 fully saturated rings. The van der Waals surface area contributed by atoms with Gasteiger partial charge in [0.25, 0.3) is 10.0 Å². The minimum atomic E-state index is -4.65. The van der Waals surface area contributed by atoms with Crippen LogP contribution in [0.15, 0.2) is 21.6 Å². The average Bonchev–Trinajstić information content (AvgIpc) is 2.86. The van der Waals surface area contributed by atoms with Crippen LogP contribution in [0.2, 0.25) is 0 Å². The van der Waals surface area contributed by atoms with Crippen molar-refractivity contribution in [1.82, 2.24) is 4.72 Å². The van der Waals surface area contributed by atoms with Gasteiger partial charge in [-0.15, -0.1) is 0 Å². The minimum Gasteiger partial charge on any atom is -0.440 e. The molecule has 0 saturated heterocycles. The highest BCUT2D eigenvalue weighted by Crippen LogP contribution is 2.49. The van der Waals surface area contributed by atoms with Crippen LogP contribution in [0.1, 0.15) is 23.4 Å². The van der Waals surface area contributed by atoms with Crippen LogP contribution in [0.25, 0.3) is 0 Å². The molecule has 0 aromatic carbocycles. The number of rotatable bonds is 4. The van der Waals surface area contributed by atoms with Crippen LogP contribution in [0.3, 0.4) is 0 Å². The summed E-state index contributed by atoms with van der Waals surface area (Å²) < 4.78 is 67.3. The van der Waals surface area contributed by atoms with Crippen LogP contribution in [0.5, 0.6) is 0 Å². The molecule has 1 N–H and O–H groups in total. The molecule has 1 heterocycles. The molecule has 1 saturated carbocycles. The molecule has 18 heavy (non-hydrogen) atoms. The summed E-state index contributed by atoms with van der Waals surface area (Å²) in [4.78, 5) is 10.3. The Labute approximate surface area is 100 Å². The van der Waals surface area contributed by atoms with E-state index in [1.54, 1.807) is 4.72 Å². The van der Waals surface area contributed by atoms with Crippen molar-refractivity contribution in [3.63, 3.8) is 0 Å². The second kappa shape index (κ2) is 3.82. The molecule has 0 radical (unpaired) electrons. The second-order valence-electron chi connectivity index (χ2n) is 3.96. The molecule has 5 nitrogen and oxygen atoms in total. The van der Waals surface area contributed by atoms with Gasteiger partial charge in [-0.3, -0.25) is 4.79 Å². The molecule has 0 amide bonds. The molecule has 0 atom stereocenters. The SMILES string of the molecule is O=Cc1ccc(S(=O)(=O)NC2(C(F)(F)F)CC2)o1. The van der Waals surface area contributed by atoms with E-state index in [0.29, 0.717) is 0 Å². The van der Waals surface area contributed by atoms with Gasteiger partial charge in [0.05, 0.1) is 0 Å². The van der Waals surface area contributed by atoms with Crippen molar-refractivity contribution in [2.24, 2.45) is 0 Å². The first-order valence-electron chi connectivity index (χ1n) is 4.86. The van der Waals surface area contributed by atoms with Crippen molar-refractivity contribution in [2.45, 2.75) is 29.6 Å². The third kappa shape index (κ3) is 2.15. The smallest absolute Gasteiger partial charge is 0.407 e. The number of sulfonamides is 1. The first-order chi connectivity index (χ1) is 8.20. The maximum absolute atomic E-state index is 12.6. The van der Waals surface area contributed by atoms with Gasteiger partial charge in [-0.05, 0) is 25.0 Å². The van der Waals surface area contributed by atoms with Crippen LogP contribution in [0.4, 0.5) is 13.2 Å². The molecule has 100 valence electrons. The van der Waals surface area contributed by atoms with Crippen LogP contribution >= 0.6 is 0 Å². The molecular formula is C9H8F3NO4S. The van der Waals surface area contributed by atoms with E-state index in [2.05, 4.69) is 4.42 Å². The topological polar surface area (TPSA) is 76.4 Å². The Morgan fingerprint density at radius 1 is 1.33 bits per heavy atom. The van der Waals surface area contributed by atoms with Crippen molar-refractivity contribution >= 4 is 16.3 Å². The van der Waals surface area contributed by atoms with E-state index in [9.17, 15) is 26.4 Å². The summed E-state index contributed by atoms with van der Waals surface area (Å²) in [6.07, 6.45) is -5.01. The monoisotopic (exact) mass is 283 g/mol. The lowest BCUT2D eigenvalue weighted by Crippen LogP contribution is -2.47. The van der Waals surface area contributed by atoms with Gasteiger partial charge in [-0.1, -0.05) is 0 Å². The van der Waals surface area contributed by atoms with Gasteiger partial charge in [0.1, 0.15) is 5.54 Å². The molecule has 0 aliphatic heterocycles. The normalized spacial score (nSPS) is 18.6. The van der Waals surface area contributed by atoms with E-state index in [1.807, 2.05) is 0 Å². The zero-order valence-corrected chi connectivity index (χ0v) is 9.64. The first kappa shape index (κ1) is 13.1. The predicted octanol–water partition coefficient (Wildman–Crippen LogP) is 1.47. The van der Waals surface area contributed by atoms with E-state index in [0.717, 1.165) is 12.1 Å². The fraction of sp³-hybridized carbons (Fsp3) is 0.444. The zero-order chi connectivity index (χ0) is 13.6. The van der Waals surface area contributed by atoms with Crippen molar-refractivity contribution in [3.8, 4) is 0 Å². The highest BCUT2D eigenvalue weighted by Gasteiger charge is 2.65. The molecule has 2 rings (SSSR count). The van der Waals surface area contributed by atoms with Crippen LogP contribution in [-0.2, 0) is 10.0 Å². The number of nitrogens with one attached hydrogen (secondary N) is 1. The predicted molar refractivity (Wildman–Crippen MR) is 52.4 cm³/mol. The van der Waals surface area contributed by atoms with Crippen molar-refractivity contribution in [1.29, 1.82) is 0 Å². The fourth-order valence-corrected chi connectivity index (χ4v) is 2.81. The lowest BCUT2D eigenvalue weighted by Gasteiger charge is -2.19. The number of hydrogen-bond donors (Lipinski definition) is 1. The Morgan fingerprint density at radius 2 is 1.94 bits per heavy atom. The Balaban J connectivity index is 2.26. The van der Waals surface area contributed by atoms with Gasteiger partial charge in [-0.2, -0.15) is 17.9 Å². The quantitative estimate of drug-likeness (QED) is 0.849. The number of aldehydes is 1. The average molecular weight is 283 g/mol. The Kier molecular flexibility index (Phi) is 2.78. The molecule has 1 aromatic heterocycles. The Bertz CT molecular complexity index is 571. The number of halogens is 3. The third-order valence-electron chi connectivity index (χ3n) is 2.61. The van der Waals surface area contributed by atoms with E-state index in [4.69, 9.17) is 0 Å². The van der Waals surface area contributed by atoms with Crippen LogP contribution < -0.4 is 4.72 Å². The number of carbonyl (C=O) groups is 1. The summed E-state index contributed by atoms with van der Waals surface area (Å²) in [7, 11) is -4.42. The number of alkyl halides is 3. The van der Waals surface area contributed by atoms with Crippen LogP contribution in [-0.4, -0.2) is 26.4 Å². The molecule has 0 bridgehead atoms. The summed E-state index contributed by atoms with van der Waals surface area (Å²) >= 11 is 0. The number of furan rings is 1. The van der Waals surface area contributed by atoms with Crippen LogP contribution in [0, 0.1) is 0 Å². The van der Waals surface area contributed by atoms with Crippen molar-refractivity contribution in [2.75, 3.05) is 0 Å². The maximum atomic E-state index is 12.6. The Hall–Kier alpha value is -1.35. The minimum absolute atomic E-state index is 0.260. The summed E-state index contributed by atoms with van der Waals surface area (Å²) in [5, 5.41) is -0.708. The van der Waals surface area contributed by atoms with E-state index in [-0.39, 0.29) is 24.9 Å². The fourth-order valence-electron chi connectivity index (χ4n) is 1.42. The van der Waals surface area contributed by atoms with Gasteiger partial charge in [0.2, 0.25) is 5.09 Å². The molecule has 1 aliphatic carbocycles. The maximum Gasteiger partial charge on any atom is 0.407 e. The highest BCUT2D eigenvalue weighted by molar-refractivity contribution is 7.89. The van der Waals surface area contributed by atoms with Crippen molar-refractivity contribution < 1.29 is 30.8 Å². The molecular weight excluding hydrogens is 275 g/mol. The summed E-state index contributed by atoms with van der Waals surface area (Å²) in [5.41, 5.74) is -2.40. The number of carbonyl (C=O) groups excluding carboxylic acids is 1. The zero-order valence-electron chi connectivity index (χ0n) is 8.82. The van der Waals surface area contributed by atoms with E-state index >= 15 is 0 Å². The first-order valence-corrected chi connectivity index (χ1v) is 6.34. The molecule has 1 aliphatic rings. The summed E-state index contributed by atoms with van der Waals surface area (Å²) in [5.74, 6) is -0.271. The molecule has 0 unspecified atom stereocenters. The van der Waals surface area contributed by atoms with E-state index in [1.165, 1.54) is 0 Å². The van der Waals surface area contributed by atoms with Crippen molar-refractivity contribution in [3.05, 3.63) is 17.9 Å². The largest absolute Gasteiger partial charge is 0.440 e. The molecule has 0 spiro atoms. The van der Waals surface area contributed by atoms with Gasteiger partial charge >= 0.3 is 6.18 Å².